The Bertz CT molecular complexity index is 1160. The van der Waals surface area contributed by atoms with Crippen LogP contribution in [0.5, 0.6) is 0 Å². The molecule has 4 nitrogen and oxygen atoms in total. The van der Waals surface area contributed by atoms with E-state index < -0.39 is 11.6 Å². The molecule has 6 heteroatoms. The molecule has 1 fully saturated rings. The van der Waals surface area contributed by atoms with Crippen LogP contribution >= 0.6 is 0 Å². The van der Waals surface area contributed by atoms with Crippen molar-refractivity contribution in [3.05, 3.63) is 89.0 Å². The van der Waals surface area contributed by atoms with Gasteiger partial charge in [0.2, 0.25) is 5.91 Å². The van der Waals surface area contributed by atoms with Gasteiger partial charge in [-0.25, -0.2) is 18.7 Å². The molecule has 0 N–H and O–H groups in total. The number of nitrogens with zero attached hydrogens (tertiary/aromatic N) is 3. The van der Waals surface area contributed by atoms with Gasteiger partial charge in [0.15, 0.2) is 0 Å². The van der Waals surface area contributed by atoms with Crippen molar-refractivity contribution in [2.75, 3.05) is 13.1 Å². The summed E-state index contributed by atoms with van der Waals surface area (Å²) in [5, 5.41) is 0. The van der Waals surface area contributed by atoms with Crippen LogP contribution in [0.1, 0.15) is 41.4 Å². The maximum Gasteiger partial charge on any atom is 0.246 e. The molecule has 0 saturated carbocycles. The van der Waals surface area contributed by atoms with Gasteiger partial charge in [0, 0.05) is 42.9 Å². The number of aryl methyl sites for hydroxylation is 2. The van der Waals surface area contributed by atoms with Crippen molar-refractivity contribution < 1.29 is 13.6 Å². The number of benzene rings is 2. The molecule has 0 radical (unpaired) electrons. The van der Waals surface area contributed by atoms with E-state index in [4.69, 9.17) is 4.98 Å². The monoisotopic (exact) mass is 433 g/mol. The summed E-state index contributed by atoms with van der Waals surface area (Å²) in [5.41, 5.74) is 4.49. The minimum atomic E-state index is -0.669. The molecule has 164 valence electrons. The summed E-state index contributed by atoms with van der Waals surface area (Å²) in [7, 11) is 0. The van der Waals surface area contributed by atoms with Gasteiger partial charge in [-0.3, -0.25) is 4.79 Å². The van der Waals surface area contributed by atoms with Crippen LogP contribution in [0.2, 0.25) is 0 Å². The number of carbonyl (C=O) groups is 1. The van der Waals surface area contributed by atoms with Crippen LogP contribution in [-0.2, 0) is 4.79 Å². The van der Waals surface area contributed by atoms with Crippen LogP contribution in [0.4, 0.5) is 8.78 Å². The minimum Gasteiger partial charge on any atom is -0.338 e. The third kappa shape index (κ3) is 5.07. The van der Waals surface area contributed by atoms with Crippen molar-refractivity contribution in [3.63, 3.8) is 0 Å². The number of hydrogen-bond donors (Lipinski definition) is 0. The van der Waals surface area contributed by atoms with E-state index in [1.54, 1.807) is 4.90 Å². The summed E-state index contributed by atoms with van der Waals surface area (Å²) < 4.78 is 26.8. The first-order chi connectivity index (χ1) is 15.4. The Balaban J connectivity index is 1.56. The second-order valence-corrected chi connectivity index (χ2v) is 8.25. The molecule has 32 heavy (non-hydrogen) atoms. The highest BCUT2D eigenvalue weighted by Gasteiger charge is 2.27. The fourth-order valence-corrected chi connectivity index (χ4v) is 4.18. The van der Waals surface area contributed by atoms with Crippen LogP contribution in [0.3, 0.4) is 0 Å². The molecule has 1 aliphatic heterocycles. The molecule has 0 bridgehead atoms. The first-order valence-corrected chi connectivity index (χ1v) is 10.7. The fourth-order valence-electron chi connectivity index (χ4n) is 4.18. The molecule has 0 aliphatic carbocycles. The Kier molecular flexibility index (Phi) is 6.40. The SMILES string of the molecule is Cc1cccc(-c2cnc(C)nc2[C@@H]2CCCN(C(=O)/C=C/c3cc(F)cc(F)c3)C2)c1. The number of amides is 1. The molecule has 1 aliphatic rings. The van der Waals surface area contributed by atoms with Gasteiger partial charge in [-0.05, 0) is 56.0 Å². The van der Waals surface area contributed by atoms with Crippen molar-refractivity contribution in [1.29, 1.82) is 0 Å². The van der Waals surface area contributed by atoms with Gasteiger partial charge in [0.1, 0.15) is 17.5 Å². The summed E-state index contributed by atoms with van der Waals surface area (Å²) in [6, 6.07) is 11.4. The summed E-state index contributed by atoms with van der Waals surface area (Å²) in [6.45, 7) is 5.10. The Morgan fingerprint density at radius 1 is 1.12 bits per heavy atom. The van der Waals surface area contributed by atoms with Gasteiger partial charge in [-0.15, -0.1) is 0 Å². The van der Waals surface area contributed by atoms with E-state index in [1.165, 1.54) is 24.3 Å². The number of likely N-dealkylation sites (tertiary alicyclic amines) is 1. The summed E-state index contributed by atoms with van der Waals surface area (Å²) >= 11 is 0. The summed E-state index contributed by atoms with van der Waals surface area (Å²) in [6.07, 6.45) is 6.48. The second-order valence-electron chi connectivity index (χ2n) is 8.25. The van der Waals surface area contributed by atoms with Crippen LogP contribution in [0, 0.1) is 25.5 Å². The predicted molar refractivity (Wildman–Crippen MR) is 121 cm³/mol. The van der Waals surface area contributed by atoms with E-state index in [2.05, 4.69) is 30.1 Å². The third-order valence-corrected chi connectivity index (χ3v) is 5.69. The van der Waals surface area contributed by atoms with Crippen molar-refractivity contribution in [3.8, 4) is 11.1 Å². The lowest BCUT2D eigenvalue weighted by Crippen LogP contribution is -2.38. The summed E-state index contributed by atoms with van der Waals surface area (Å²) in [5.74, 6) is -0.726. The van der Waals surface area contributed by atoms with Gasteiger partial charge >= 0.3 is 0 Å². The standard InChI is InChI=1S/C26H25F2N3O/c1-17-5-3-6-20(11-17)24-15-29-18(2)30-26(24)21-7-4-10-31(16-21)25(32)9-8-19-12-22(27)14-23(28)13-19/h3,5-6,8-9,11-15,21H,4,7,10,16H2,1-2H3/b9-8+/t21-/m1/s1. The lowest BCUT2D eigenvalue weighted by molar-refractivity contribution is -0.127. The largest absolute Gasteiger partial charge is 0.338 e. The van der Waals surface area contributed by atoms with Crippen LogP contribution in [0.15, 0.2) is 54.7 Å². The van der Waals surface area contributed by atoms with E-state index >= 15 is 0 Å². The summed E-state index contributed by atoms with van der Waals surface area (Å²) in [4.78, 5) is 23.7. The number of hydrogen-bond acceptors (Lipinski definition) is 3. The number of aromatic nitrogens is 2. The minimum absolute atomic E-state index is 0.0879. The van der Waals surface area contributed by atoms with E-state index in [1.807, 2.05) is 19.2 Å². The first-order valence-electron chi connectivity index (χ1n) is 10.7. The van der Waals surface area contributed by atoms with E-state index in [-0.39, 0.29) is 11.8 Å². The topological polar surface area (TPSA) is 46.1 Å². The molecule has 4 rings (SSSR count). The Morgan fingerprint density at radius 2 is 1.91 bits per heavy atom. The normalized spacial score (nSPS) is 16.5. The Labute approximate surface area is 186 Å². The Morgan fingerprint density at radius 3 is 2.66 bits per heavy atom. The molecule has 1 amide bonds. The van der Waals surface area contributed by atoms with E-state index in [9.17, 15) is 13.6 Å². The molecule has 3 aromatic rings. The molecule has 1 atom stereocenters. The van der Waals surface area contributed by atoms with Gasteiger partial charge in [-0.2, -0.15) is 0 Å². The van der Waals surface area contributed by atoms with Crippen molar-refractivity contribution in [2.45, 2.75) is 32.6 Å². The molecule has 2 heterocycles. The Hall–Kier alpha value is -3.41. The molecular weight excluding hydrogens is 408 g/mol. The average molecular weight is 434 g/mol. The zero-order valence-electron chi connectivity index (χ0n) is 18.2. The molecular formula is C26H25F2N3O. The maximum absolute atomic E-state index is 13.4. The zero-order chi connectivity index (χ0) is 22.7. The predicted octanol–water partition coefficient (Wildman–Crippen LogP) is 5.46. The third-order valence-electron chi connectivity index (χ3n) is 5.69. The molecule has 0 spiro atoms. The lowest BCUT2D eigenvalue weighted by atomic mass is 9.89. The first kappa shape index (κ1) is 21.8. The fraction of sp³-hybridized carbons (Fsp3) is 0.269. The van der Waals surface area contributed by atoms with E-state index in [0.717, 1.165) is 41.3 Å². The highest BCUT2D eigenvalue weighted by molar-refractivity contribution is 5.92. The molecule has 2 aromatic carbocycles. The smallest absolute Gasteiger partial charge is 0.246 e. The number of halogens is 2. The quantitative estimate of drug-likeness (QED) is 0.514. The molecule has 1 aromatic heterocycles. The number of carbonyl (C=O) groups excluding carboxylic acids is 1. The van der Waals surface area contributed by atoms with Gasteiger partial charge < -0.3 is 4.90 Å². The highest BCUT2D eigenvalue weighted by Crippen LogP contribution is 2.33. The molecule has 1 saturated heterocycles. The van der Waals surface area contributed by atoms with Crippen LogP contribution in [-0.4, -0.2) is 33.9 Å². The highest BCUT2D eigenvalue weighted by atomic mass is 19.1. The number of rotatable bonds is 4. The van der Waals surface area contributed by atoms with Crippen LogP contribution < -0.4 is 0 Å². The average Bonchev–Trinajstić information content (AvgIpc) is 2.77. The molecule has 0 unspecified atom stereocenters. The van der Waals surface area contributed by atoms with Crippen molar-refractivity contribution in [1.82, 2.24) is 14.9 Å². The van der Waals surface area contributed by atoms with Crippen LogP contribution in [0.25, 0.3) is 17.2 Å². The van der Waals surface area contributed by atoms with Gasteiger partial charge in [0.25, 0.3) is 0 Å². The van der Waals surface area contributed by atoms with Gasteiger partial charge in [0.05, 0.1) is 5.69 Å². The lowest BCUT2D eigenvalue weighted by Gasteiger charge is -2.32. The van der Waals surface area contributed by atoms with Crippen molar-refractivity contribution in [2.24, 2.45) is 0 Å². The van der Waals surface area contributed by atoms with E-state index in [0.29, 0.717) is 24.5 Å². The zero-order valence-corrected chi connectivity index (χ0v) is 18.2. The van der Waals surface area contributed by atoms with Gasteiger partial charge in [-0.1, -0.05) is 29.8 Å². The second kappa shape index (κ2) is 9.39. The number of piperidine rings is 1. The maximum atomic E-state index is 13.4. The van der Waals surface area contributed by atoms with Crippen molar-refractivity contribution >= 4 is 12.0 Å².